The van der Waals surface area contributed by atoms with Gasteiger partial charge in [-0.25, -0.2) is 9.97 Å². The molecular formula is C10H16ClN3. The first-order valence-corrected chi connectivity index (χ1v) is 5.21. The predicted octanol–water partition coefficient (Wildman–Crippen LogP) is 2.23. The molecule has 14 heavy (non-hydrogen) atoms. The molecule has 0 spiro atoms. The Morgan fingerprint density at radius 3 is 2.43 bits per heavy atom. The quantitative estimate of drug-likeness (QED) is 0.834. The molecule has 0 bridgehead atoms. The van der Waals surface area contributed by atoms with E-state index >= 15 is 0 Å². The van der Waals surface area contributed by atoms with Crippen LogP contribution in [0.1, 0.15) is 32.0 Å². The minimum absolute atomic E-state index is 0.345. The maximum Gasteiger partial charge on any atom is 0.132 e. The number of hydrogen-bond acceptors (Lipinski definition) is 3. The van der Waals surface area contributed by atoms with Crippen LogP contribution in [-0.2, 0) is 0 Å². The van der Waals surface area contributed by atoms with Gasteiger partial charge in [0, 0.05) is 24.4 Å². The zero-order valence-electron chi connectivity index (χ0n) is 8.79. The van der Waals surface area contributed by atoms with Crippen molar-refractivity contribution in [3.8, 4) is 0 Å². The van der Waals surface area contributed by atoms with Gasteiger partial charge in [0.2, 0.25) is 0 Å². The molecule has 3 nitrogen and oxygen atoms in total. The topological polar surface area (TPSA) is 37.8 Å². The number of nitrogens with zero attached hydrogens (tertiary/aromatic N) is 2. The zero-order chi connectivity index (χ0) is 10.6. The van der Waals surface area contributed by atoms with Crippen LogP contribution in [0.3, 0.4) is 0 Å². The van der Waals surface area contributed by atoms with Gasteiger partial charge < -0.3 is 5.32 Å². The lowest BCUT2D eigenvalue weighted by Gasteiger charge is -2.20. The van der Waals surface area contributed by atoms with E-state index in [4.69, 9.17) is 11.6 Å². The first kappa shape index (κ1) is 11.4. The number of likely N-dealkylation sites (N-methyl/N-ethyl adjacent to an activating group) is 1. The fraction of sp³-hybridized carbons (Fsp3) is 0.600. The Bertz CT molecular complexity index is 273. The van der Waals surface area contributed by atoms with E-state index < -0.39 is 0 Å². The number of nitrogens with one attached hydrogen (secondary N) is 1. The van der Waals surface area contributed by atoms with E-state index in [0.29, 0.717) is 17.0 Å². The average molecular weight is 214 g/mol. The first-order chi connectivity index (χ1) is 6.69. The largest absolute Gasteiger partial charge is 0.317 e. The standard InChI is InChI=1S/C10H16ClN3/c1-4-9(7(2)12-3)10-13-5-8(11)6-14-10/h5-7,9,12H,4H2,1-3H3. The number of halogens is 1. The van der Waals surface area contributed by atoms with Crippen molar-refractivity contribution < 1.29 is 0 Å². The van der Waals surface area contributed by atoms with Crippen molar-refractivity contribution in [2.24, 2.45) is 0 Å². The Labute approximate surface area is 89.9 Å². The van der Waals surface area contributed by atoms with Crippen LogP contribution < -0.4 is 5.32 Å². The molecule has 0 aliphatic heterocycles. The van der Waals surface area contributed by atoms with Crippen molar-refractivity contribution in [1.29, 1.82) is 0 Å². The Hall–Kier alpha value is -0.670. The van der Waals surface area contributed by atoms with Crippen molar-refractivity contribution >= 4 is 11.6 Å². The van der Waals surface area contributed by atoms with Gasteiger partial charge in [-0.15, -0.1) is 0 Å². The molecule has 0 aliphatic carbocycles. The molecule has 1 aromatic heterocycles. The molecular weight excluding hydrogens is 198 g/mol. The Morgan fingerprint density at radius 1 is 1.43 bits per heavy atom. The van der Waals surface area contributed by atoms with Gasteiger partial charge in [-0.1, -0.05) is 18.5 Å². The summed E-state index contributed by atoms with van der Waals surface area (Å²) in [6.45, 7) is 4.27. The zero-order valence-corrected chi connectivity index (χ0v) is 9.54. The lowest BCUT2D eigenvalue weighted by molar-refractivity contribution is 0.464. The van der Waals surface area contributed by atoms with Gasteiger partial charge in [-0.05, 0) is 20.4 Å². The minimum Gasteiger partial charge on any atom is -0.317 e. The fourth-order valence-corrected chi connectivity index (χ4v) is 1.57. The summed E-state index contributed by atoms with van der Waals surface area (Å²) in [5, 5.41) is 3.80. The van der Waals surface area contributed by atoms with Crippen LogP contribution in [0, 0.1) is 0 Å². The molecule has 78 valence electrons. The molecule has 0 aromatic carbocycles. The first-order valence-electron chi connectivity index (χ1n) is 4.83. The summed E-state index contributed by atoms with van der Waals surface area (Å²) in [5.41, 5.74) is 0. The average Bonchev–Trinajstić information content (AvgIpc) is 2.21. The van der Waals surface area contributed by atoms with Crippen LogP contribution in [-0.4, -0.2) is 23.1 Å². The second-order valence-electron chi connectivity index (χ2n) is 3.35. The van der Waals surface area contributed by atoms with Gasteiger partial charge in [-0.3, -0.25) is 0 Å². The maximum absolute atomic E-state index is 5.73. The summed E-state index contributed by atoms with van der Waals surface area (Å²) < 4.78 is 0. The van der Waals surface area contributed by atoms with Crippen LogP contribution in [0.5, 0.6) is 0 Å². The van der Waals surface area contributed by atoms with Crippen molar-refractivity contribution in [2.45, 2.75) is 32.2 Å². The van der Waals surface area contributed by atoms with Crippen LogP contribution >= 0.6 is 11.6 Å². The predicted molar refractivity (Wildman–Crippen MR) is 58.6 cm³/mol. The highest BCUT2D eigenvalue weighted by molar-refractivity contribution is 6.30. The van der Waals surface area contributed by atoms with E-state index in [1.807, 2.05) is 7.05 Å². The van der Waals surface area contributed by atoms with Crippen LogP contribution in [0.15, 0.2) is 12.4 Å². The molecule has 1 N–H and O–H groups in total. The Balaban J connectivity index is 2.84. The monoisotopic (exact) mass is 213 g/mol. The summed E-state index contributed by atoms with van der Waals surface area (Å²) in [6.07, 6.45) is 4.31. The van der Waals surface area contributed by atoms with Crippen molar-refractivity contribution in [3.05, 3.63) is 23.2 Å². The lowest BCUT2D eigenvalue weighted by atomic mass is 9.97. The van der Waals surface area contributed by atoms with Crippen molar-refractivity contribution in [2.75, 3.05) is 7.05 Å². The molecule has 0 aliphatic rings. The molecule has 0 amide bonds. The van der Waals surface area contributed by atoms with Gasteiger partial charge in [0.25, 0.3) is 0 Å². The van der Waals surface area contributed by atoms with Gasteiger partial charge >= 0.3 is 0 Å². The van der Waals surface area contributed by atoms with E-state index in [2.05, 4.69) is 29.1 Å². The molecule has 1 rings (SSSR count). The highest BCUT2D eigenvalue weighted by Gasteiger charge is 2.18. The Kier molecular flexibility index (Phi) is 4.29. The van der Waals surface area contributed by atoms with Gasteiger partial charge in [0.1, 0.15) is 5.82 Å². The third kappa shape index (κ3) is 2.66. The highest BCUT2D eigenvalue weighted by Crippen LogP contribution is 2.19. The molecule has 0 radical (unpaired) electrons. The fourth-order valence-electron chi connectivity index (χ4n) is 1.47. The van der Waals surface area contributed by atoms with Gasteiger partial charge in [-0.2, -0.15) is 0 Å². The molecule has 1 heterocycles. The molecule has 2 unspecified atom stereocenters. The van der Waals surface area contributed by atoms with E-state index in [9.17, 15) is 0 Å². The number of hydrogen-bond donors (Lipinski definition) is 1. The summed E-state index contributed by atoms with van der Waals surface area (Å²) >= 11 is 5.73. The second kappa shape index (κ2) is 5.27. The smallest absolute Gasteiger partial charge is 0.132 e. The highest BCUT2D eigenvalue weighted by atomic mass is 35.5. The molecule has 2 atom stereocenters. The molecule has 0 fully saturated rings. The summed E-state index contributed by atoms with van der Waals surface area (Å²) in [5.74, 6) is 1.20. The van der Waals surface area contributed by atoms with Gasteiger partial charge in [0.05, 0.1) is 5.02 Å². The van der Waals surface area contributed by atoms with Crippen LogP contribution in [0.2, 0.25) is 5.02 Å². The SMILES string of the molecule is CCC(c1ncc(Cl)cn1)C(C)NC. The number of aromatic nitrogens is 2. The van der Waals surface area contributed by atoms with Gasteiger partial charge in [0.15, 0.2) is 0 Å². The third-order valence-corrected chi connectivity index (χ3v) is 2.67. The summed E-state index contributed by atoms with van der Waals surface area (Å²) in [7, 11) is 1.95. The van der Waals surface area contributed by atoms with Crippen molar-refractivity contribution in [3.63, 3.8) is 0 Å². The van der Waals surface area contributed by atoms with E-state index in [0.717, 1.165) is 12.2 Å². The molecule has 4 heteroatoms. The Morgan fingerprint density at radius 2 is 2.00 bits per heavy atom. The number of rotatable bonds is 4. The lowest BCUT2D eigenvalue weighted by Crippen LogP contribution is -2.29. The molecule has 1 aromatic rings. The third-order valence-electron chi connectivity index (χ3n) is 2.47. The minimum atomic E-state index is 0.345. The van der Waals surface area contributed by atoms with Crippen LogP contribution in [0.4, 0.5) is 0 Å². The van der Waals surface area contributed by atoms with E-state index in [1.54, 1.807) is 12.4 Å². The summed E-state index contributed by atoms with van der Waals surface area (Å²) in [6, 6.07) is 0.376. The van der Waals surface area contributed by atoms with Crippen molar-refractivity contribution in [1.82, 2.24) is 15.3 Å². The summed E-state index contributed by atoms with van der Waals surface area (Å²) in [4.78, 5) is 8.47. The molecule has 0 saturated carbocycles. The van der Waals surface area contributed by atoms with Crippen LogP contribution in [0.25, 0.3) is 0 Å². The van der Waals surface area contributed by atoms with E-state index in [-0.39, 0.29) is 0 Å². The molecule has 0 saturated heterocycles. The van der Waals surface area contributed by atoms with E-state index in [1.165, 1.54) is 0 Å². The normalized spacial score (nSPS) is 15.1. The second-order valence-corrected chi connectivity index (χ2v) is 3.79. The maximum atomic E-state index is 5.73.